The Bertz CT molecular complexity index is 342. The zero-order valence-electron chi connectivity index (χ0n) is 6.17. The summed E-state index contributed by atoms with van der Waals surface area (Å²) in [6.45, 7) is 0. The molecule has 1 heterocycles. The maximum absolute atomic E-state index is 11.6. The molecule has 0 saturated carbocycles. The molecule has 0 unspecified atom stereocenters. The third-order valence-corrected chi connectivity index (χ3v) is 1.08. The van der Waals surface area contributed by atoms with E-state index in [1.54, 1.807) is 6.07 Å². The summed E-state index contributed by atoms with van der Waals surface area (Å²) in [5, 5.41) is 8.33. The van der Waals surface area contributed by atoms with Crippen LogP contribution in [0.4, 0.5) is 13.2 Å². The summed E-state index contributed by atoms with van der Waals surface area (Å²) in [6.07, 6.45) is -2.73. The van der Waals surface area contributed by atoms with Crippen LogP contribution in [-0.4, -0.2) is 11.3 Å². The van der Waals surface area contributed by atoms with Crippen LogP contribution in [0.25, 0.3) is 0 Å². The Hall–Kier alpha value is -1.77. The smallest absolute Gasteiger partial charge is 0.404 e. The van der Waals surface area contributed by atoms with Gasteiger partial charge in [-0.25, -0.2) is 0 Å². The second-order valence-corrected chi connectivity index (χ2v) is 2.07. The molecule has 0 radical (unpaired) electrons. The molecule has 6 heteroatoms. The highest BCUT2D eigenvalue weighted by molar-refractivity contribution is 5.32. The van der Waals surface area contributed by atoms with Crippen molar-refractivity contribution in [3.8, 4) is 11.8 Å². The zero-order valence-corrected chi connectivity index (χ0v) is 6.17. The first-order valence-corrected chi connectivity index (χ1v) is 3.12. The van der Waals surface area contributed by atoms with Crippen molar-refractivity contribution >= 4 is 0 Å². The van der Waals surface area contributed by atoms with Crippen LogP contribution in [0, 0.1) is 11.3 Å². The lowest BCUT2D eigenvalue weighted by atomic mass is 10.3. The third-order valence-electron chi connectivity index (χ3n) is 1.08. The molecule has 0 saturated heterocycles. The van der Waals surface area contributed by atoms with E-state index in [9.17, 15) is 13.2 Å². The van der Waals surface area contributed by atoms with Crippen molar-refractivity contribution in [3.05, 3.63) is 24.0 Å². The molecule has 3 nitrogen and oxygen atoms in total. The van der Waals surface area contributed by atoms with Gasteiger partial charge in [-0.1, -0.05) is 0 Å². The largest absolute Gasteiger partial charge is 0.573 e. The number of pyridine rings is 1. The molecule has 0 N–H and O–H groups in total. The minimum atomic E-state index is -4.75. The van der Waals surface area contributed by atoms with E-state index in [2.05, 4.69) is 9.72 Å². The van der Waals surface area contributed by atoms with Gasteiger partial charge in [0.2, 0.25) is 0 Å². The summed E-state index contributed by atoms with van der Waals surface area (Å²) in [5.74, 6) is -0.494. The summed E-state index contributed by atoms with van der Waals surface area (Å²) >= 11 is 0. The van der Waals surface area contributed by atoms with E-state index in [0.717, 1.165) is 18.5 Å². The van der Waals surface area contributed by atoms with Gasteiger partial charge in [0.25, 0.3) is 0 Å². The monoisotopic (exact) mass is 188 g/mol. The van der Waals surface area contributed by atoms with Crippen LogP contribution < -0.4 is 4.74 Å². The number of ether oxygens (including phenoxy) is 1. The first kappa shape index (κ1) is 9.32. The molecule has 13 heavy (non-hydrogen) atoms. The highest BCUT2D eigenvalue weighted by Crippen LogP contribution is 2.21. The predicted molar refractivity (Wildman–Crippen MR) is 35.6 cm³/mol. The molecule has 0 spiro atoms. The van der Waals surface area contributed by atoms with Gasteiger partial charge in [0, 0.05) is 12.3 Å². The molecule has 0 aliphatic heterocycles. The Morgan fingerprint density at radius 1 is 1.38 bits per heavy atom. The molecule has 0 aromatic carbocycles. The topological polar surface area (TPSA) is 45.9 Å². The van der Waals surface area contributed by atoms with Crippen molar-refractivity contribution < 1.29 is 17.9 Å². The van der Waals surface area contributed by atoms with Crippen molar-refractivity contribution in [2.45, 2.75) is 6.36 Å². The molecule has 1 aromatic heterocycles. The Kier molecular flexibility index (Phi) is 2.37. The van der Waals surface area contributed by atoms with Gasteiger partial charge in [0.05, 0.1) is 11.8 Å². The van der Waals surface area contributed by atoms with Crippen LogP contribution in [0.1, 0.15) is 5.56 Å². The molecule has 0 aliphatic rings. The zero-order chi connectivity index (χ0) is 9.90. The van der Waals surface area contributed by atoms with Crippen molar-refractivity contribution in [1.29, 1.82) is 5.26 Å². The average Bonchev–Trinajstić information content (AvgIpc) is 2.01. The van der Waals surface area contributed by atoms with Gasteiger partial charge in [-0.15, -0.1) is 13.2 Å². The van der Waals surface area contributed by atoms with E-state index in [-0.39, 0.29) is 5.56 Å². The van der Waals surface area contributed by atoms with Crippen molar-refractivity contribution in [2.24, 2.45) is 0 Å². The van der Waals surface area contributed by atoms with Gasteiger partial charge >= 0.3 is 6.36 Å². The van der Waals surface area contributed by atoms with Crippen molar-refractivity contribution in [2.75, 3.05) is 0 Å². The molecule has 0 fully saturated rings. The van der Waals surface area contributed by atoms with Gasteiger partial charge in [-0.3, -0.25) is 4.98 Å². The van der Waals surface area contributed by atoms with Crippen LogP contribution in [0.3, 0.4) is 0 Å². The van der Waals surface area contributed by atoms with E-state index in [0.29, 0.717) is 0 Å². The summed E-state index contributed by atoms with van der Waals surface area (Å²) in [7, 11) is 0. The molecule has 1 aromatic rings. The Labute approximate surface area is 71.4 Å². The molecule has 0 aliphatic carbocycles. The molecular formula is C7H3F3N2O. The van der Waals surface area contributed by atoms with Crippen molar-refractivity contribution in [1.82, 2.24) is 4.98 Å². The first-order valence-electron chi connectivity index (χ1n) is 3.12. The molecule has 68 valence electrons. The summed E-state index contributed by atoms with van der Waals surface area (Å²) in [6, 6.07) is 2.60. The number of hydrogen-bond acceptors (Lipinski definition) is 3. The fourth-order valence-corrected chi connectivity index (χ4v) is 0.669. The number of halogens is 3. The van der Waals surface area contributed by atoms with E-state index >= 15 is 0 Å². The molecule has 0 amide bonds. The van der Waals surface area contributed by atoms with E-state index in [1.165, 1.54) is 0 Å². The van der Waals surface area contributed by atoms with E-state index < -0.39 is 12.1 Å². The van der Waals surface area contributed by atoms with Crippen LogP contribution in [0.5, 0.6) is 5.75 Å². The maximum atomic E-state index is 11.6. The lowest BCUT2D eigenvalue weighted by Crippen LogP contribution is -2.17. The Morgan fingerprint density at radius 2 is 2.08 bits per heavy atom. The number of nitrogens with zero attached hydrogens (tertiary/aromatic N) is 2. The fraction of sp³-hybridized carbons (Fsp3) is 0.143. The van der Waals surface area contributed by atoms with Gasteiger partial charge in [-0.05, 0) is 0 Å². The lowest BCUT2D eigenvalue weighted by molar-refractivity contribution is -0.274. The molecule has 0 bridgehead atoms. The Balaban J connectivity index is 2.86. The maximum Gasteiger partial charge on any atom is 0.573 e. The minimum absolute atomic E-state index is 0.0155. The first-order chi connectivity index (χ1) is 6.01. The summed E-state index contributed by atoms with van der Waals surface area (Å²) in [4.78, 5) is 3.39. The van der Waals surface area contributed by atoms with Crippen LogP contribution in [0.2, 0.25) is 0 Å². The SMILES string of the molecule is N#Cc1cncc(OC(F)(F)F)c1. The van der Waals surface area contributed by atoms with Gasteiger partial charge in [0.15, 0.2) is 0 Å². The Morgan fingerprint density at radius 3 is 2.62 bits per heavy atom. The molecule has 0 atom stereocenters. The van der Waals surface area contributed by atoms with E-state index in [1.807, 2.05) is 0 Å². The minimum Gasteiger partial charge on any atom is -0.404 e. The highest BCUT2D eigenvalue weighted by Gasteiger charge is 2.31. The standard InChI is InChI=1S/C7H3F3N2O/c8-7(9,10)13-6-1-5(2-11)3-12-4-6/h1,3-4H. The third kappa shape index (κ3) is 2.99. The van der Waals surface area contributed by atoms with Gasteiger partial charge < -0.3 is 4.74 Å². The second kappa shape index (κ2) is 3.31. The van der Waals surface area contributed by atoms with Crippen molar-refractivity contribution in [3.63, 3.8) is 0 Å². The lowest BCUT2D eigenvalue weighted by Gasteiger charge is -2.07. The quantitative estimate of drug-likeness (QED) is 0.675. The van der Waals surface area contributed by atoms with Gasteiger partial charge in [-0.2, -0.15) is 5.26 Å². The fourth-order valence-electron chi connectivity index (χ4n) is 0.669. The summed E-state index contributed by atoms with van der Waals surface area (Å²) < 4.78 is 38.5. The number of rotatable bonds is 1. The number of alkyl halides is 3. The van der Waals surface area contributed by atoms with E-state index in [4.69, 9.17) is 5.26 Å². The van der Waals surface area contributed by atoms with Crippen LogP contribution >= 0.6 is 0 Å². The number of aromatic nitrogens is 1. The normalized spacial score (nSPS) is 10.6. The average molecular weight is 188 g/mol. The number of nitriles is 1. The molecular weight excluding hydrogens is 185 g/mol. The number of hydrogen-bond donors (Lipinski definition) is 0. The second-order valence-electron chi connectivity index (χ2n) is 2.07. The summed E-state index contributed by atoms with van der Waals surface area (Å²) in [5.41, 5.74) is 0.0155. The van der Waals surface area contributed by atoms with Crippen LogP contribution in [0.15, 0.2) is 18.5 Å². The predicted octanol–water partition coefficient (Wildman–Crippen LogP) is 1.85. The van der Waals surface area contributed by atoms with Crippen LogP contribution in [-0.2, 0) is 0 Å². The highest BCUT2D eigenvalue weighted by atomic mass is 19.4. The van der Waals surface area contributed by atoms with Gasteiger partial charge in [0.1, 0.15) is 11.8 Å². The molecule has 1 rings (SSSR count).